The first-order valence-electron chi connectivity index (χ1n) is 12.1. The van der Waals surface area contributed by atoms with Crippen LogP contribution in [0.15, 0.2) is 29.2 Å². The van der Waals surface area contributed by atoms with Crippen molar-refractivity contribution >= 4 is 50.4 Å². The molecule has 0 atom stereocenters. The fraction of sp³-hybridized carbons (Fsp3) is 0.417. The summed E-state index contributed by atoms with van der Waals surface area (Å²) in [7, 11) is -2.61. The monoisotopic (exact) mass is 580 g/mol. The van der Waals surface area contributed by atoms with E-state index in [-0.39, 0.29) is 53.8 Å². The van der Waals surface area contributed by atoms with E-state index < -0.39 is 34.0 Å². The van der Waals surface area contributed by atoms with E-state index in [1.807, 2.05) is 0 Å². The van der Waals surface area contributed by atoms with E-state index in [9.17, 15) is 27.6 Å². The Balaban J connectivity index is 1.57. The van der Waals surface area contributed by atoms with E-state index in [0.29, 0.717) is 30.1 Å². The quantitative estimate of drug-likeness (QED) is 0.521. The summed E-state index contributed by atoms with van der Waals surface area (Å²) in [6.07, 6.45) is -1.15. The summed E-state index contributed by atoms with van der Waals surface area (Å²) in [5, 5.41) is 5.00. The van der Waals surface area contributed by atoms with Gasteiger partial charge in [-0.15, -0.1) is 11.3 Å². The Kier molecular flexibility index (Phi) is 8.84. The Bertz CT molecular complexity index is 1370. The summed E-state index contributed by atoms with van der Waals surface area (Å²) < 4.78 is 41.9. The molecule has 1 saturated heterocycles. The summed E-state index contributed by atoms with van der Waals surface area (Å²) in [4.78, 5) is 52.2. The Hall–Kier alpha value is -3.53. The van der Waals surface area contributed by atoms with Gasteiger partial charge in [0.05, 0.1) is 43.9 Å². The van der Waals surface area contributed by atoms with Crippen LogP contribution in [0.2, 0.25) is 0 Å². The fourth-order valence-corrected chi connectivity index (χ4v) is 6.86. The molecule has 4 rings (SSSR count). The van der Waals surface area contributed by atoms with Gasteiger partial charge in [-0.25, -0.2) is 18.0 Å². The zero-order valence-electron chi connectivity index (χ0n) is 21.4. The highest BCUT2D eigenvalue weighted by Crippen LogP contribution is 2.37. The predicted octanol–water partition coefficient (Wildman–Crippen LogP) is 2.03. The van der Waals surface area contributed by atoms with Crippen molar-refractivity contribution in [3.63, 3.8) is 0 Å². The number of carbonyl (C=O) groups excluding carboxylic acids is 4. The third-order valence-electron chi connectivity index (χ3n) is 6.16. The van der Waals surface area contributed by atoms with Crippen LogP contribution in [0.4, 0.5) is 14.6 Å². The van der Waals surface area contributed by atoms with Crippen LogP contribution in [0.1, 0.15) is 38.1 Å². The fourth-order valence-electron chi connectivity index (χ4n) is 4.20. The number of ether oxygens (including phenoxy) is 3. The van der Waals surface area contributed by atoms with E-state index in [2.05, 4.69) is 15.4 Å². The summed E-state index contributed by atoms with van der Waals surface area (Å²) in [5.74, 6) is -1.34. The lowest BCUT2D eigenvalue weighted by Gasteiger charge is -2.26. The van der Waals surface area contributed by atoms with Crippen molar-refractivity contribution < 1.29 is 41.8 Å². The molecule has 210 valence electrons. The Morgan fingerprint density at radius 2 is 1.74 bits per heavy atom. The number of hydrogen-bond donors (Lipinski definition) is 2. The van der Waals surface area contributed by atoms with Gasteiger partial charge in [-0.3, -0.25) is 14.9 Å². The molecule has 0 radical (unpaired) electrons. The summed E-state index contributed by atoms with van der Waals surface area (Å²) in [5.41, 5.74) is 0.864. The van der Waals surface area contributed by atoms with Crippen LogP contribution >= 0.6 is 11.3 Å². The van der Waals surface area contributed by atoms with Crippen molar-refractivity contribution in [3.8, 4) is 0 Å². The maximum Gasteiger partial charge on any atom is 0.413 e. The van der Waals surface area contributed by atoms with Crippen molar-refractivity contribution in [2.24, 2.45) is 0 Å². The standard InChI is InChI=1S/C24H28N4O9S2/c1-3-37-24(32)27-9-8-17-18(14-27)38-22(19(17)21(30)26-23(31)35-2)25-20(29)15-4-6-16(7-5-15)39(33,34)28-10-12-36-13-11-28/h4-7H,3,8-14H2,1-2H3,(H,25,29)(H,26,30,31). The van der Waals surface area contributed by atoms with Gasteiger partial charge in [0.25, 0.3) is 11.8 Å². The summed E-state index contributed by atoms with van der Waals surface area (Å²) in [6.45, 7) is 3.49. The highest BCUT2D eigenvalue weighted by Gasteiger charge is 2.32. The molecule has 39 heavy (non-hydrogen) atoms. The van der Waals surface area contributed by atoms with Gasteiger partial charge < -0.3 is 24.4 Å². The highest BCUT2D eigenvalue weighted by molar-refractivity contribution is 7.89. The average molecular weight is 581 g/mol. The highest BCUT2D eigenvalue weighted by atomic mass is 32.2. The molecule has 15 heteroatoms. The number of methoxy groups -OCH3 is 1. The molecule has 0 aliphatic carbocycles. The van der Waals surface area contributed by atoms with E-state index in [1.54, 1.807) is 6.92 Å². The number of carbonyl (C=O) groups is 4. The van der Waals surface area contributed by atoms with Gasteiger partial charge in [-0.2, -0.15) is 4.31 Å². The maximum atomic E-state index is 13.1. The number of amides is 4. The van der Waals surface area contributed by atoms with Crippen LogP contribution < -0.4 is 10.6 Å². The number of imide groups is 1. The molecule has 2 aliphatic heterocycles. The third-order valence-corrected chi connectivity index (χ3v) is 9.21. The second-order valence-electron chi connectivity index (χ2n) is 8.52. The van der Waals surface area contributed by atoms with Gasteiger partial charge in [-0.05, 0) is 43.2 Å². The predicted molar refractivity (Wildman–Crippen MR) is 139 cm³/mol. The normalized spacial score (nSPS) is 15.7. The molecule has 1 fully saturated rings. The lowest BCUT2D eigenvalue weighted by atomic mass is 10.0. The number of nitrogens with zero attached hydrogens (tertiary/aromatic N) is 2. The first-order valence-corrected chi connectivity index (χ1v) is 14.4. The van der Waals surface area contributed by atoms with Crippen LogP contribution in [0, 0.1) is 0 Å². The molecule has 0 spiro atoms. The molecule has 3 heterocycles. The molecular formula is C24H28N4O9S2. The second-order valence-corrected chi connectivity index (χ2v) is 11.6. The number of benzene rings is 1. The Morgan fingerprint density at radius 1 is 1.05 bits per heavy atom. The van der Waals surface area contributed by atoms with E-state index in [0.717, 1.165) is 18.4 Å². The lowest BCUT2D eigenvalue weighted by Crippen LogP contribution is -2.40. The topological polar surface area (TPSA) is 161 Å². The van der Waals surface area contributed by atoms with E-state index in [1.165, 1.54) is 33.5 Å². The minimum Gasteiger partial charge on any atom is -0.453 e. The molecule has 1 aromatic carbocycles. The number of nitrogens with one attached hydrogen (secondary N) is 2. The first-order chi connectivity index (χ1) is 18.6. The SMILES string of the molecule is CCOC(=O)N1CCc2c(sc(NC(=O)c3ccc(S(=O)(=O)N4CCOCC4)cc3)c2C(=O)NC(=O)OC)C1. The van der Waals surface area contributed by atoms with Crippen LogP contribution in [-0.2, 0) is 37.2 Å². The average Bonchev–Trinajstić information content (AvgIpc) is 3.30. The minimum atomic E-state index is -3.73. The number of thiophene rings is 1. The zero-order chi connectivity index (χ0) is 28.2. The molecule has 2 aromatic rings. The number of morpholine rings is 1. The van der Waals surface area contributed by atoms with Gasteiger partial charge in [-0.1, -0.05) is 0 Å². The van der Waals surface area contributed by atoms with Gasteiger partial charge in [0.1, 0.15) is 5.00 Å². The molecule has 0 unspecified atom stereocenters. The van der Waals surface area contributed by atoms with Crippen LogP contribution in [0.5, 0.6) is 0 Å². The zero-order valence-corrected chi connectivity index (χ0v) is 23.0. The van der Waals surface area contributed by atoms with Crippen LogP contribution in [-0.4, -0.2) is 88.2 Å². The molecule has 0 bridgehead atoms. The van der Waals surface area contributed by atoms with Crippen molar-refractivity contribution in [3.05, 3.63) is 45.8 Å². The lowest BCUT2D eigenvalue weighted by molar-refractivity contribution is 0.0730. The first kappa shape index (κ1) is 28.5. The number of rotatable bonds is 6. The van der Waals surface area contributed by atoms with Crippen molar-refractivity contribution in [2.45, 2.75) is 24.8 Å². The number of fused-ring (bicyclic) bond motifs is 1. The van der Waals surface area contributed by atoms with E-state index >= 15 is 0 Å². The molecule has 2 aliphatic rings. The summed E-state index contributed by atoms with van der Waals surface area (Å²) in [6, 6.07) is 5.46. The summed E-state index contributed by atoms with van der Waals surface area (Å²) >= 11 is 1.10. The van der Waals surface area contributed by atoms with Gasteiger partial charge in [0.15, 0.2) is 0 Å². The molecule has 2 N–H and O–H groups in total. The largest absolute Gasteiger partial charge is 0.453 e. The van der Waals surface area contributed by atoms with Crippen LogP contribution in [0.3, 0.4) is 0 Å². The maximum absolute atomic E-state index is 13.1. The number of hydrogen-bond acceptors (Lipinski definition) is 10. The van der Waals surface area contributed by atoms with Gasteiger partial charge in [0.2, 0.25) is 10.0 Å². The molecule has 13 nitrogen and oxygen atoms in total. The number of anilines is 1. The van der Waals surface area contributed by atoms with E-state index in [4.69, 9.17) is 9.47 Å². The van der Waals surface area contributed by atoms with Crippen molar-refractivity contribution in [1.82, 2.24) is 14.5 Å². The van der Waals surface area contributed by atoms with Gasteiger partial charge in [0, 0.05) is 30.1 Å². The molecule has 4 amide bonds. The smallest absolute Gasteiger partial charge is 0.413 e. The third kappa shape index (κ3) is 6.21. The minimum absolute atomic E-state index is 0.0461. The number of alkyl carbamates (subject to hydrolysis) is 1. The molecule has 0 saturated carbocycles. The number of sulfonamides is 1. The molecular weight excluding hydrogens is 552 g/mol. The van der Waals surface area contributed by atoms with Crippen molar-refractivity contribution in [2.75, 3.05) is 51.9 Å². The van der Waals surface area contributed by atoms with Crippen molar-refractivity contribution in [1.29, 1.82) is 0 Å². The molecule has 1 aromatic heterocycles. The Labute approximate surface area is 229 Å². The van der Waals surface area contributed by atoms with Gasteiger partial charge >= 0.3 is 12.2 Å². The second kappa shape index (κ2) is 12.1. The Morgan fingerprint density at radius 3 is 2.38 bits per heavy atom. The van der Waals surface area contributed by atoms with Crippen LogP contribution in [0.25, 0.3) is 0 Å².